The van der Waals surface area contributed by atoms with Crippen LogP contribution < -0.4 is 25.6 Å². The lowest BCUT2D eigenvalue weighted by Crippen LogP contribution is -2.58. The van der Waals surface area contributed by atoms with E-state index in [9.17, 15) is 37.8 Å². The molecule has 5 N–H and O–H groups in total. The molecule has 4 aliphatic rings. The molecule has 10 rings (SSSR count). The van der Waals surface area contributed by atoms with Crippen molar-refractivity contribution >= 4 is 45.2 Å². The molecule has 0 spiro atoms. The zero-order chi connectivity index (χ0) is 58.1. The van der Waals surface area contributed by atoms with E-state index < -0.39 is 76.5 Å². The van der Waals surface area contributed by atoms with Crippen molar-refractivity contribution in [2.75, 3.05) is 57.4 Å². The van der Waals surface area contributed by atoms with Gasteiger partial charge in [0.05, 0.1) is 29.7 Å². The van der Waals surface area contributed by atoms with E-state index in [-0.39, 0.29) is 101 Å². The first-order valence-electron chi connectivity index (χ1n) is 27.8. The van der Waals surface area contributed by atoms with Gasteiger partial charge in [0.15, 0.2) is 17.5 Å². The van der Waals surface area contributed by atoms with Gasteiger partial charge in [-0.2, -0.15) is 9.97 Å². The molecule has 2 unspecified atom stereocenters. The van der Waals surface area contributed by atoms with Gasteiger partial charge in [-0.15, -0.1) is 6.42 Å². The van der Waals surface area contributed by atoms with Crippen molar-refractivity contribution in [2.24, 2.45) is 5.41 Å². The molecule has 4 aromatic carbocycles. The number of ether oxygens (including phenoxy) is 2. The summed E-state index contributed by atoms with van der Waals surface area (Å²) in [4.78, 5) is 61.1. The monoisotopic (exact) mass is 1130 g/mol. The number of piperazine rings is 1. The number of halogens is 5. The van der Waals surface area contributed by atoms with Crippen molar-refractivity contribution in [3.8, 4) is 46.5 Å². The van der Waals surface area contributed by atoms with E-state index >= 15 is 8.78 Å². The van der Waals surface area contributed by atoms with E-state index in [1.807, 2.05) is 0 Å². The van der Waals surface area contributed by atoms with Gasteiger partial charge >= 0.3 is 6.01 Å². The van der Waals surface area contributed by atoms with Crippen LogP contribution in [0.3, 0.4) is 0 Å². The summed E-state index contributed by atoms with van der Waals surface area (Å²) in [6.07, 6.45) is 10.6. The smallest absolute Gasteiger partial charge is 0.319 e. The highest BCUT2D eigenvalue weighted by molar-refractivity contribution is 6.03. The lowest BCUT2D eigenvalue weighted by Gasteiger charge is -2.35. The van der Waals surface area contributed by atoms with Gasteiger partial charge in [0.25, 0.3) is 0 Å². The Labute approximate surface area is 471 Å². The zero-order valence-corrected chi connectivity index (χ0v) is 46.1. The zero-order valence-electron chi connectivity index (χ0n) is 46.1. The molecule has 4 fully saturated rings. The highest BCUT2D eigenvalue weighted by Crippen LogP contribution is 2.40. The Morgan fingerprint density at radius 3 is 2.39 bits per heavy atom. The summed E-state index contributed by atoms with van der Waals surface area (Å²) in [5.74, 6) is -3.70. The number of anilines is 1. The van der Waals surface area contributed by atoms with Gasteiger partial charge in [0, 0.05) is 92.5 Å². The molecule has 6 aromatic rings. The topological polar surface area (TPSA) is 195 Å². The second kappa shape index (κ2) is 24.1. The molecular formula is C61H66F5N9O7. The number of nitrogens with one attached hydrogen (secondary N) is 3. The van der Waals surface area contributed by atoms with Crippen molar-refractivity contribution < 1.29 is 56.0 Å². The quantitative estimate of drug-likeness (QED) is 0.0242. The number of aliphatic hydroxyl groups is 1. The van der Waals surface area contributed by atoms with Gasteiger partial charge in [-0.3, -0.25) is 24.3 Å². The Hall–Kier alpha value is -7.51. The van der Waals surface area contributed by atoms with Crippen LogP contribution >= 0.6 is 0 Å². The number of terminal acetylenes is 1. The second-order valence-electron chi connectivity index (χ2n) is 22.9. The SMILES string of the molecule is C#Cc1c(F)ccc2cc(O)cc(-c3ncc4c(N5CC6CCC(C5)N6)nc(OC[C@@H]5CCCN5CCCOCCC(=O)N[C@H](C(=O)N5C[C@H](O)C[C@H]5C(=O)N[C@@H](C)c5ccc(-c6cc(F)cc(F)c6F)cc5)C(C)(C)C)nc4c3F)c12. The van der Waals surface area contributed by atoms with Crippen LogP contribution in [-0.2, 0) is 19.1 Å². The van der Waals surface area contributed by atoms with Crippen LogP contribution in [0, 0.1) is 46.8 Å². The van der Waals surface area contributed by atoms with Gasteiger partial charge in [-0.1, -0.05) is 57.0 Å². The number of aromatic nitrogens is 3. The molecule has 0 aliphatic carbocycles. The third kappa shape index (κ3) is 12.3. The number of aliphatic hydroxyl groups excluding tert-OH is 1. The molecule has 0 radical (unpaired) electrons. The number of phenolic OH excluding ortho intramolecular Hbond substituents is 1. The molecule has 82 heavy (non-hydrogen) atoms. The van der Waals surface area contributed by atoms with E-state index in [1.165, 1.54) is 47.5 Å². The van der Waals surface area contributed by atoms with E-state index in [0.29, 0.717) is 60.9 Å². The number of phenols is 1. The summed E-state index contributed by atoms with van der Waals surface area (Å²) in [5.41, 5.74) is -0.395. The third-order valence-electron chi connectivity index (χ3n) is 16.1. The summed E-state index contributed by atoms with van der Waals surface area (Å²) < 4.78 is 86.7. The molecule has 7 atom stereocenters. The number of carbonyl (C=O) groups excluding carboxylic acids is 3. The fraction of sp³-hybridized carbons (Fsp3) is 0.443. The number of fused-ring (bicyclic) bond motifs is 4. The third-order valence-corrected chi connectivity index (χ3v) is 16.1. The molecule has 432 valence electrons. The average molecular weight is 1130 g/mol. The summed E-state index contributed by atoms with van der Waals surface area (Å²) >= 11 is 0. The average Bonchev–Trinajstić information content (AvgIpc) is 2.83. The Morgan fingerprint density at radius 1 is 0.902 bits per heavy atom. The number of carbonyl (C=O) groups is 3. The number of hydrogen-bond donors (Lipinski definition) is 5. The molecule has 21 heteroatoms. The molecule has 2 aromatic heterocycles. The minimum absolute atomic E-state index is 0.0102. The predicted octanol–water partition coefficient (Wildman–Crippen LogP) is 7.85. The number of rotatable bonds is 18. The van der Waals surface area contributed by atoms with Gasteiger partial charge in [-0.25, -0.2) is 22.0 Å². The van der Waals surface area contributed by atoms with Crippen molar-refractivity contribution in [1.82, 2.24) is 40.7 Å². The van der Waals surface area contributed by atoms with Crippen molar-refractivity contribution in [1.29, 1.82) is 0 Å². The van der Waals surface area contributed by atoms with Crippen LogP contribution in [0.1, 0.15) is 89.8 Å². The minimum atomic E-state index is -1.31. The van der Waals surface area contributed by atoms with Crippen molar-refractivity contribution in [3.63, 3.8) is 0 Å². The van der Waals surface area contributed by atoms with E-state index in [4.69, 9.17) is 20.9 Å². The van der Waals surface area contributed by atoms with Crippen LogP contribution in [0.25, 0.3) is 44.1 Å². The molecular weight excluding hydrogens is 1070 g/mol. The van der Waals surface area contributed by atoms with Crippen molar-refractivity contribution in [2.45, 2.75) is 115 Å². The maximum atomic E-state index is 17.1. The second-order valence-corrected chi connectivity index (χ2v) is 22.9. The normalized spacial score (nSPS) is 20.8. The fourth-order valence-corrected chi connectivity index (χ4v) is 11.9. The highest BCUT2D eigenvalue weighted by atomic mass is 19.2. The number of aromatic hydroxyl groups is 1. The lowest BCUT2D eigenvalue weighted by atomic mass is 9.85. The van der Waals surface area contributed by atoms with Gasteiger partial charge in [-0.05, 0) is 91.8 Å². The van der Waals surface area contributed by atoms with Crippen LogP contribution in [0.5, 0.6) is 11.8 Å². The molecule has 2 bridgehead atoms. The Morgan fingerprint density at radius 2 is 1.66 bits per heavy atom. The minimum Gasteiger partial charge on any atom is -0.508 e. The largest absolute Gasteiger partial charge is 0.508 e. The maximum absolute atomic E-state index is 17.1. The Balaban J connectivity index is 0.731. The van der Waals surface area contributed by atoms with E-state index in [0.717, 1.165) is 38.3 Å². The van der Waals surface area contributed by atoms with E-state index in [2.05, 4.69) is 41.6 Å². The van der Waals surface area contributed by atoms with Gasteiger partial charge in [0.1, 0.15) is 53.1 Å². The van der Waals surface area contributed by atoms with Crippen LogP contribution in [0.2, 0.25) is 0 Å². The molecule has 4 aliphatic heterocycles. The summed E-state index contributed by atoms with van der Waals surface area (Å²) in [5, 5.41) is 31.8. The van der Waals surface area contributed by atoms with Gasteiger partial charge in [0.2, 0.25) is 17.7 Å². The predicted molar refractivity (Wildman–Crippen MR) is 298 cm³/mol. The Kier molecular flexibility index (Phi) is 17.0. The van der Waals surface area contributed by atoms with Crippen molar-refractivity contribution in [3.05, 3.63) is 107 Å². The molecule has 4 saturated heterocycles. The number of β-amino-alcohol motifs (C(OH)–C–C–N with tert-alkyl or cyclic N) is 1. The van der Waals surface area contributed by atoms with Crippen LogP contribution in [-0.4, -0.2) is 142 Å². The van der Waals surface area contributed by atoms with Crippen LogP contribution in [0.15, 0.2) is 66.9 Å². The van der Waals surface area contributed by atoms with Crippen LogP contribution in [0.4, 0.5) is 27.8 Å². The number of nitrogens with zero attached hydrogens (tertiary/aromatic N) is 6. The molecule has 0 saturated carbocycles. The number of benzene rings is 4. The lowest BCUT2D eigenvalue weighted by molar-refractivity contribution is -0.144. The molecule has 16 nitrogen and oxygen atoms in total. The first kappa shape index (κ1) is 57.7. The highest BCUT2D eigenvalue weighted by Gasteiger charge is 2.45. The number of pyridine rings is 1. The Bertz CT molecular complexity index is 3440. The molecule has 6 heterocycles. The fourth-order valence-electron chi connectivity index (χ4n) is 11.9. The standard InChI is InChI=1S/C61H66F5N9O7/c1-6-43-47(63)17-14-36-23-41(76)26-45(51(36)43)54-53(66)55-46(28-67-54)57(74-29-38-15-16-39(30-74)69-38)72-60(71-55)82-32-40-9-7-19-73(40)20-8-21-81-22-18-50(78)70-56(61(3,4)5)59(80)75-31-42(77)27-49(75)58(79)68-33(2)34-10-12-35(13-11-34)44-24-37(62)25-48(64)52(44)65/h1,10-14,17,23-26,28,33,38-40,42,49,56,69,76-77H,7-9,15-16,18-22,27,29-32H2,2-5H3,(H,68,79)(H,70,78)/t33-,38?,39?,40-,42+,49-,56+/m0/s1. The number of amides is 3. The maximum Gasteiger partial charge on any atom is 0.319 e. The van der Waals surface area contributed by atoms with E-state index in [1.54, 1.807) is 39.8 Å². The molecule has 3 amide bonds. The first-order chi connectivity index (χ1) is 39.2. The summed E-state index contributed by atoms with van der Waals surface area (Å²) in [7, 11) is 0. The van der Waals surface area contributed by atoms with Gasteiger partial charge < -0.3 is 45.4 Å². The summed E-state index contributed by atoms with van der Waals surface area (Å²) in [6.45, 7) is 10.4. The first-order valence-corrected chi connectivity index (χ1v) is 27.8. The number of likely N-dealkylation sites (tertiary alicyclic amines) is 2. The number of hydrogen-bond acceptors (Lipinski definition) is 13. The summed E-state index contributed by atoms with van der Waals surface area (Å²) in [6, 6.07) is 10.7.